The molecule has 1 spiro atoms. The monoisotopic (exact) mass is 799 g/mol. The van der Waals surface area contributed by atoms with Gasteiger partial charge in [0.25, 0.3) is 0 Å². The first-order valence-electron chi connectivity index (χ1n) is 21.8. The zero-order valence-corrected chi connectivity index (χ0v) is 34.2. The molecule has 1 aromatic heterocycles. The fourth-order valence-electron chi connectivity index (χ4n) is 11.4. The third-order valence-corrected chi connectivity index (χ3v) is 14.0. The average molecular weight is 800 g/mol. The van der Waals surface area contributed by atoms with E-state index < -0.39 is 5.41 Å². The molecular weight excluding hydrogens is 763 g/mol. The van der Waals surface area contributed by atoms with Gasteiger partial charge in [-0.1, -0.05) is 176 Å². The van der Waals surface area contributed by atoms with Crippen molar-refractivity contribution >= 4 is 71.3 Å². The maximum Gasteiger partial charge on any atom is 0.137 e. The number of benzene rings is 11. The lowest BCUT2D eigenvalue weighted by Gasteiger charge is -2.46. The number of fused-ring (bicyclic) bond motifs is 12. The minimum absolute atomic E-state index is 0.614. The number of rotatable bonds is 4. The van der Waals surface area contributed by atoms with Crippen LogP contribution in [0.2, 0.25) is 0 Å². The molecule has 0 radical (unpaired) electrons. The number of anilines is 3. The largest absolute Gasteiger partial charge is 0.456 e. The van der Waals surface area contributed by atoms with Crippen molar-refractivity contribution in [2.24, 2.45) is 0 Å². The van der Waals surface area contributed by atoms with E-state index in [2.05, 4.69) is 223 Å². The first kappa shape index (κ1) is 34.5. The number of furan rings is 1. The number of hydrogen-bond donors (Lipinski definition) is 0. The fourth-order valence-corrected chi connectivity index (χ4v) is 11.4. The molecule has 0 saturated carbocycles. The number of hydrogen-bond acceptors (Lipinski definition) is 2. The summed E-state index contributed by atoms with van der Waals surface area (Å²) in [6.07, 6.45) is 0. The quantitative estimate of drug-likeness (QED) is 0.176. The first-order valence-corrected chi connectivity index (χ1v) is 21.8. The summed E-state index contributed by atoms with van der Waals surface area (Å²) < 4.78 is 6.56. The maximum absolute atomic E-state index is 6.56. The Bertz CT molecular complexity index is 3870. The van der Waals surface area contributed by atoms with E-state index in [1.807, 2.05) is 6.07 Å². The van der Waals surface area contributed by atoms with Gasteiger partial charge in [-0.15, -0.1) is 0 Å². The van der Waals surface area contributed by atoms with E-state index in [0.29, 0.717) is 0 Å². The van der Waals surface area contributed by atoms with Crippen LogP contribution in [0.15, 0.2) is 229 Å². The molecule has 1 heterocycles. The summed E-state index contributed by atoms with van der Waals surface area (Å²) >= 11 is 0. The summed E-state index contributed by atoms with van der Waals surface area (Å²) in [7, 11) is 0. The van der Waals surface area contributed by atoms with Gasteiger partial charge in [0.1, 0.15) is 11.2 Å². The highest BCUT2D eigenvalue weighted by Crippen LogP contribution is 2.62. The first-order chi connectivity index (χ1) is 31.2. The van der Waals surface area contributed by atoms with Crippen molar-refractivity contribution in [3.63, 3.8) is 0 Å². The Morgan fingerprint density at radius 2 is 0.937 bits per heavy atom. The second-order valence-electron chi connectivity index (χ2n) is 17.1. The van der Waals surface area contributed by atoms with Crippen LogP contribution in [0, 0.1) is 0 Å². The van der Waals surface area contributed by atoms with Crippen LogP contribution in [0.1, 0.15) is 22.3 Å². The molecule has 0 amide bonds. The molecule has 11 aromatic carbocycles. The van der Waals surface area contributed by atoms with Crippen LogP contribution in [-0.4, -0.2) is 0 Å². The molecule has 2 aliphatic rings. The van der Waals surface area contributed by atoms with Gasteiger partial charge < -0.3 is 9.32 Å². The zero-order valence-electron chi connectivity index (χ0n) is 34.2. The molecule has 0 aliphatic heterocycles. The minimum Gasteiger partial charge on any atom is -0.456 e. The molecular formula is C61H37NO. The summed E-state index contributed by atoms with van der Waals surface area (Å²) in [5, 5.41) is 9.70. The zero-order chi connectivity index (χ0) is 41.2. The second-order valence-corrected chi connectivity index (χ2v) is 17.1. The van der Waals surface area contributed by atoms with Crippen LogP contribution in [-0.2, 0) is 5.41 Å². The Kier molecular flexibility index (Phi) is 7.07. The van der Waals surface area contributed by atoms with E-state index in [0.717, 1.165) is 39.0 Å². The highest BCUT2D eigenvalue weighted by molar-refractivity contribution is 6.15. The van der Waals surface area contributed by atoms with Crippen LogP contribution in [0.3, 0.4) is 0 Å². The molecule has 14 rings (SSSR count). The lowest BCUT2D eigenvalue weighted by Crippen LogP contribution is -2.36. The van der Waals surface area contributed by atoms with Crippen molar-refractivity contribution in [1.82, 2.24) is 0 Å². The molecule has 1 atom stereocenters. The van der Waals surface area contributed by atoms with E-state index in [1.165, 1.54) is 88.0 Å². The van der Waals surface area contributed by atoms with Crippen LogP contribution in [0.25, 0.3) is 87.6 Å². The molecule has 1 unspecified atom stereocenters. The van der Waals surface area contributed by atoms with Gasteiger partial charge in [-0.2, -0.15) is 0 Å². The SMILES string of the molecule is c1ccc(-c2ccc3c(c2)C2(c4ccccc4-c4ccc(N(c5ccc6ccccc6c5)c5ccc6c(c5)oc5ccccc56)c5cccc2c45)c2cccc4cccc-3c24)cc1. The van der Waals surface area contributed by atoms with Gasteiger partial charge in [0.15, 0.2) is 0 Å². The Morgan fingerprint density at radius 1 is 0.317 bits per heavy atom. The van der Waals surface area contributed by atoms with Crippen LogP contribution >= 0.6 is 0 Å². The van der Waals surface area contributed by atoms with Gasteiger partial charge >= 0.3 is 0 Å². The maximum atomic E-state index is 6.56. The molecule has 0 N–H and O–H groups in total. The van der Waals surface area contributed by atoms with Crippen LogP contribution in [0.4, 0.5) is 17.1 Å². The smallest absolute Gasteiger partial charge is 0.137 e. The van der Waals surface area contributed by atoms with E-state index in [9.17, 15) is 0 Å². The third kappa shape index (κ3) is 4.72. The Labute approximate surface area is 364 Å². The topological polar surface area (TPSA) is 16.4 Å². The second kappa shape index (κ2) is 12.9. The molecule has 12 aromatic rings. The Hall–Kier alpha value is -8.20. The van der Waals surface area contributed by atoms with E-state index in [4.69, 9.17) is 4.42 Å². The van der Waals surface area contributed by atoms with Gasteiger partial charge in [0.05, 0.1) is 11.1 Å². The number of nitrogens with zero attached hydrogens (tertiary/aromatic N) is 1. The highest BCUT2D eigenvalue weighted by atomic mass is 16.3. The van der Waals surface area contributed by atoms with Crippen molar-refractivity contribution in [2.45, 2.75) is 5.41 Å². The summed E-state index contributed by atoms with van der Waals surface area (Å²) in [5.74, 6) is 0. The molecule has 63 heavy (non-hydrogen) atoms. The van der Waals surface area contributed by atoms with E-state index in [1.54, 1.807) is 0 Å². The normalized spacial score (nSPS) is 14.7. The summed E-state index contributed by atoms with van der Waals surface area (Å²) in [6, 6.07) is 83.2. The molecule has 0 fully saturated rings. The highest BCUT2D eigenvalue weighted by Gasteiger charge is 2.49. The van der Waals surface area contributed by atoms with E-state index in [-0.39, 0.29) is 0 Å². The molecule has 292 valence electrons. The van der Waals surface area contributed by atoms with Crippen LogP contribution in [0.5, 0.6) is 0 Å². The van der Waals surface area contributed by atoms with Crippen LogP contribution < -0.4 is 4.90 Å². The Morgan fingerprint density at radius 3 is 1.86 bits per heavy atom. The minimum atomic E-state index is -0.614. The van der Waals surface area contributed by atoms with Crippen molar-refractivity contribution in [3.05, 3.63) is 247 Å². The van der Waals surface area contributed by atoms with Gasteiger partial charge in [0, 0.05) is 33.6 Å². The summed E-state index contributed by atoms with van der Waals surface area (Å²) in [6.45, 7) is 0. The molecule has 2 aliphatic carbocycles. The summed E-state index contributed by atoms with van der Waals surface area (Å²) in [5.41, 5.74) is 17.2. The van der Waals surface area contributed by atoms with Crippen molar-refractivity contribution < 1.29 is 4.42 Å². The van der Waals surface area contributed by atoms with Crippen molar-refractivity contribution in [2.75, 3.05) is 4.90 Å². The standard InChI is InChI=1S/C61H37NO/c1-2-13-38(14-3-1)42-28-31-46-49-21-10-17-40-18-11-24-53(59(40)49)61(55(46)36-42)52-23-8-6-19-45(52)50-33-34-56(51-22-12-25-54(61)60(50)51)62(43-29-27-39-15-4-5-16-41(39)35-43)44-30-32-48-47-20-7-9-26-57(47)63-58(48)37-44/h1-37H. The van der Waals surface area contributed by atoms with Gasteiger partial charge in [-0.3, -0.25) is 0 Å². The fraction of sp³-hybridized carbons (Fsp3) is 0.0164. The molecule has 2 heteroatoms. The summed E-state index contributed by atoms with van der Waals surface area (Å²) in [4.78, 5) is 2.44. The van der Waals surface area contributed by atoms with Gasteiger partial charge in [-0.25, -0.2) is 0 Å². The lowest BCUT2D eigenvalue weighted by molar-refractivity contribution is 0.669. The Balaban J connectivity index is 1.11. The number of para-hydroxylation sites is 1. The van der Waals surface area contributed by atoms with Gasteiger partial charge in [-0.05, 0) is 125 Å². The molecule has 2 nitrogen and oxygen atoms in total. The van der Waals surface area contributed by atoms with Crippen molar-refractivity contribution in [3.8, 4) is 33.4 Å². The predicted octanol–water partition coefficient (Wildman–Crippen LogP) is 16.5. The van der Waals surface area contributed by atoms with Gasteiger partial charge in [0.2, 0.25) is 0 Å². The predicted molar refractivity (Wildman–Crippen MR) is 263 cm³/mol. The lowest BCUT2D eigenvalue weighted by atomic mass is 9.55. The van der Waals surface area contributed by atoms with Crippen molar-refractivity contribution in [1.29, 1.82) is 0 Å². The third-order valence-electron chi connectivity index (χ3n) is 14.0. The molecule has 0 saturated heterocycles. The average Bonchev–Trinajstić information content (AvgIpc) is 3.72. The molecule has 0 bridgehead atoms. The van der Waals surface area contributed by atoms with E-state index >= 15 is 0 Å².